The number of benzene rings is 1. The molecule has 0 radical (unpaired) electrons. The molecule has 0 bridgehead atoms. The topological polar surface area (TPSA) is 123 Å². The van der Waals surface area contributed by atoms with Crippen LogP contribution >= 0.6 is 0 Å². The maximum absolute atomic E-state index is 12.1. The van der Waals surface area contributed by atoms with Crippen LogP contribution in [0.3, 0.4) is 0 Å². The molecule has 0 saturated heterocycles. The molecule has 0 saturated carbocycles. The standard InChI is InChI=1S/C14H15N5O2/c15-8-12-6-9(4-5-17-12)13(20)18-10-2-1-3-11(7-10)19-14(16)21/h1-7H,8,15H2,(H,18,20)(H3,16,19,21). The molecule has 0 fully saturated rings. The monoisotopic (exact) mass is 285 g/mol. The average molecular weight is 285 g/mol. The summed E-state index contributed by atoms with van der Waals surface area (Å²) in [7, 11) is 0. The molecule has 0 aliphatic rings. The lowest BCUT2D eigenvalue weighted by molar-refractivity contribution is 0.102. The van der Waals surface area contributed by atoms with E-state index in [1.165, 1.54) is 6.20 Å². The van der Waals surface area contributed by atoms with Gasteiger partial charge in [0.05, 0.1) is 5.69 Å². The fraction of sp³-hybridized carbons (Fsp3) is 0.0714. The lowest BCUT2D eigenvalue weighted by Crippen LogP contribution is -2.19. The molecule has 1 aromatic carbocycles. The number of urea groups is 1. The van der Waals surface area contributed by atoms with Crippen LogP contribution in [0.5, 0.6) is 0 Å². The van der Waals surface area contributed by atoms with Crippen LogP contribution in [0.15, 0.2) is 42.6 Å². The Morgan fingerprint density at radius 1 is 1.10 bits per heavy atom. The molecule has 7 heteroatoms. The molecule has 7 nitrogen and oxygen atoms in total. The van der Waals surface area contributed by atoms with Gasteiger partial charge in [0.15, 0.2) is 0 Å². The average Bonchev–Trinajstić information content (AvgIpc) is 2.47. The molecule has 0 spiro atoms. The van der Waals surface area contributed by atoms with Crippen molar-refractivity contribution in [3.8, 4) is 0 Å². The van der Waals surface area contributed by atoms with Crippen LogP contribution in [0.2, 0.25) is 0 Å². The van der Waals surface area contributed by atoms with Gasteiger partial charge in [0, 0.05) is 29.7 Å². The minimum Gasteiger partial charge on any atom is -0.351 e. The van der Waals surface area contributed by atoms with Crippen LogP contribution in [0.1, 0.15) is 16.1 Å². The van der Waals surface area contributed by atoms with Gasteiger partial charge < -0.3 is 22.1 Å². The Bertz CT molecular complexity index is 672. The molecule has 1 heterocycles. The third kappa shape index (κ3) is 4.02. The summed E-state index contributed by atoms with van der Waals surface area (Å²) in [5.74, 6) is -0.289. The minimum atomic E-state index is -0.666. The fourth-order valence-electron chi connectivity index (χ4n) is 1.75. The number of nitrogens with one attached hydrogen (secondary N) is 2. The van der Waals surface area contributed by atoms with Crippen molar-refractivity contribution in [2.24, 2.45) is 11.5 Å². The molecule has 108 valence electrons. The number of nitrogens with zero attached hydrogens (tertiary/aromatic N) is 1. The lowest BCUT2D eigenvalue weighted by Gasteiger charge is -2.08. The van der Waals surface area contributed by atoms with Crippen molar-refractivity contribution < 1.29 is 9.59 Å². The van der Waals surface area contributed by atoms with E-state index in [9.17, 15) is 9.59 Å². The molecule has 0 unspecified atom stereocenters. The Hall–Kier alpha value is -2.93. The van der Waals surface area contributed by atoms with Gasteiger partial charge in [0.1, 0.15) is 0 Å². The fourth-order valence-corrected chi connectivity index (χ4v) is 1.75. The lowest BCUT2D eigenvalue weighted by atomic mass is 10.2. The van der Waals surface area contributed by atoms with Gasteiger partial charge in [-0.2, -0.15) is 0 Å². The van der Waals surface area contributed by atoms with Crippen molar-refractivity contribution in [2.75, 3.05) is 10.6 Å². The van der Waals surface area contributed by atoms with Crippen molar-refractivity contribution in [1.82, 2.24) is 4.98 Å². The van der Waals surface area contributed by atoms with Crippen LogP contribution < -0.4 is 22.1 Å². The van der Waals surface area contributed by atoms with E-state index in [-0.39, 0.29) is 12.5 Å². The van der Waals surface area contributed by atoms with Crippen LogP contribution in [0, 0.1) is 0 Å². The molecular weight excluding hydrogens is 270 g/mol. The zero-order valence-corrected chi connectivity index (χ0v) is 11.2. The van der Waals surface area contributed by atoms with E-state index < -0.39 is 6.03 Å². The quantitative estimate of drug-likeness (QED) is 0.675. The van der Waals surface area contributed by atoms with E-state index in [0.717, 1.165) is 0 Å². The van der Waals surface area contributed by atoms with Crippen molar-refractivity contribution in [3.63, 3.8) is 0 Å². The predicted octanol–water partition coefficient (Wildman–Crippen LogP) is 1.28. The van der Waals surface area contributed by atoms with E-state index in [4.69, 9.17) is 11.5 Å². The Morgan fingerprint density at radius 2 is 1.81 bits per heavy atom. The van der Waals surface area contributed by atoms with Crippen LogP contribution in [0.25, 0.3) is 0 Å². The van der Waals surface area contributed by atoms with E-state index in [1.807, 2.05) is 0 Å². The number of carbonyl (C=O) groups excluding carboxylic acids is 2. The van der Waals surface area contributed by atoms with E-state index in [1.54, 1.807) is 36.4 Å². The van der Waals surface area contributed by atoms with E-state index in [0.29, 0.717) is 22.6 Å². The number of primary amides is 1. The predicted molar refractivity (Wildman–Crippen MR) is 79.7 cm³/mol. The Balaban J connectivity index is 2.13. The number of hydrogen-bond acceptors (Lipinski definition) is 4. The molecule has 1 aromatic heterocycles. The molecule has 0 aliphatic carbocycles. The highest BCUT2D eigenvalue weighted by atomic mass is 16.2. The van der Waals surface area contributed by atoms with Gasteiger partial charge >= 0.3 is 6.03 Å². The number of nitrogens with two attached hydrogens (primary N) is 2. The van der Waals surface area contributed by atoms with Gasteiger partial charge in [-0.1, -0.05) is 6.07 Å². The summed E-state index contributed by atoms with van der Waals surface area (Å²) >= 11 is 0. The third-order valence-corrected chi connectivity index (χ3v) is 2.68. The highest BCUT2D eigenvalue weighted by Gasteiger charge is 2.07. The molecular formula is C14H15N5O2. The van der Waals surface area contributed by atoms with Gasteiger partial charge in [-0.3, -0.25) is 9.78 Å². The van der Waals surface area contributed by atoms with Crippen LogP contribution in [-0.2, 0) is 6.54 Å². The Labute approximate surface area is 121 Å². The summed E-state index contributed by atoms with van der Waals surface area (Å²) in [6.45, 7) is 0.263. The number of aromatic nitrogens is 1. The highest BCUT2D eigenvalue weighted by molar-refractivity contribution is 6.04. The minimum absolute atomic E-state index is 0.263. The molecule has 21 heavy (non-hydrogen) atoms. The number of pyridine rings is 1. The number of carbonyl (C=O) groups is 2. The second kappa shape index (κ2) is 6.49. The van der Waals surface area contributed by atoms with Crippen molar-refractivity contribution in [2.45, 2.75) is 6.54 Å². The van der Waals surface area contributed by atoms with E-state index >= 15 is 0 Å². The van der Waals surface area contributed by atoms with Crippen LogP contribution in [-0.4, -0.2) is 16.9 Å². The zero-order valence-electron chi connectivity index (χ0n) is 11.2. The third-order valence-electron chi connectivity index (χ3n) is 2.68. The van der Waals surface area contributed by atoms with Crippen molar-refractivity contribution in [3.05, 3.63) is 53.9 Å². The first kappa shape index (κ1) is 14.5. The van der Waals surface area contributed by atoms with Gasteiger partial charge in [-0.25, -0.2) is 4.79 Å². The summed E-state index contributed by atoms with van der Waals surface area (Å²) in [5, 5.41) is 5.16. The summed E-state index contributed by atoms with van der Waals surface area (Å²) in [4.78, 5) is 27.0. The number of anilines is 2. The largest absolute Gasteiger partial charge is 0.351 e. The molecule has 3 amide bonds. The number of rotatable bonds is 4. The van der Waals surface area contributed by atoms with E-state index in [2.05, 4.69) is 15.6 Å². The summed E-state index contributed by atoms with van der Waals surface area (Å²) in [5.41, 5.74) is 12.7. The van der Waals surface area contributed by atoms with Gasteiger partial charge in [0.2, 0.25) is 0 Å². The molecule has 2 aromatic rings. The Morgan fingerprint density at radius 3 is 2.48 bits per heavy atom. The maximum Gasteiger partial charge on any atom is 0.316 e. The summed E-state index contributed by atoms with van der Waals surface area (Å²) < 4.78 is 0. The van der Waals surface area contributed by atoms with Gasteiger partial charge in [-0.05, 0) is 30.3 Å². The maximum atomic E-state index is 12.1. The first-order valence-electron chi connectivity index (χ1n) is 6.21. The highest BCUT2D eigenvalue weighted by Crippen LogP contribution is 2.16. The number of hydrogen-bond donors (Lipinski definition) is 4. The molecule has 0 aliphatic heterocycles. The second-order valence-electron chi connectivity index (χ2n) is 4.26. The first-order chi connectivity index (χ1) is 10.1. The van der Waals surface area contributed by atoms with Crippen molar-refractivity contribution in [1.29, 1.82) is 0 Å². The molecule has 0 atom stereocenters. The van der Waals surface area contributed by atoms with Crippen LogP contribution in [0.4, 0.5) is 16.2 Å². The van der Waals surface area contributed by atoms with Gasteiger partial charge in [-0.15, -0.1) is 0 Å². The number of amides is 3. The SMILES string of the molecule is NCc1cc(C(=O)Nc2cccc(NC(N)=O)c2)ccn1. The molecule has 6 N–H and O–H groups in total. The van der Waals surface area contributed by atoms with Gasteiger partial charge in [0.25, 0.3) is 5.91 Å². The van der Waals surface area contributed by atoms with Crippen molar-refractivity contribution >= 4 is 23.3 Å². The molecule has 2 rings (SSSR count). The zero-order chi connectivity index (χ0) is 15.2. The summed E-state index contributed by atoms with van der Waals surface area (Å²) in [6.07, 6.45) is 1.53. The Kier molecular flexibility index (Phi) is 4.47. The summed E-state index contributed by atoms with van der Waals surface area (Å²) in [6, 6.07) is 9.22. The smallest absolute Gasteiger partial charge is 0.316 e. The second-order valence-corrected chi connectivity index (χ2v) is 4.26. The normalized spacial score (nSPS) is 9.95. The first-order valence-corrected chi connectivity index (χ1v) is 6.21.